The summed E-state index contributed by atoms with van der Waals surface area (Å²) in [6, 6.07) is 14.1. The van der Waals surface area contributed by atoms with E-state index in [1.54, 1.807) is 49.5 Å². The second kappa shape index (κ2) is 10.7. The predicted octanol–water partition coefficient (Wildman–Crippen LogP) is 3.27. The molecule has 2 heterocycles. The van der Waals surface area contributed by atoms with E-state index < -0.39 is 16.0 Å². The van der Waals surface area contributed by atoms with E-state index in [9.17, 15) is 13.2 Å². The highest BCUT2D eigenvalue weighted by Crippen LogP contribution is 2.28. The Morgan fingerprint density at radius 1 is 1.09 bits per heavy atom. The minimum absolute atomic E-state index is 0.280. The highest BCUT2D eigenvalue weighted by molar-refractivity contribution is 7.92. The van der Waals surface area contributed by atoms with Gasteiger partial charge in [-0.2, -0.15) is 0 Å². The van der Waals surface area contributed by atoms with E-state index in [1.807, 2.05) is 12.1 Å². The van der Waals surface area contributed by atoms with Crippen LogP contribution in [0.4, 0.5) is 23.0 Å². The first-order valence-electron chi connectivity index (χ1n) is 11.1. The van der Waals surface area contributed by atoms with Crippen LogP contribution in [0, 0.1) is 0 Å². The summed E-state index contributed by atoms with van der Waals surface area (Å²) in [6.07, 6.45) is 2.73. The first-order chi connectivity index (χ1) is 16.8. The van der Waals surface area contributed by atoms with Crippen LogP contribution in [0.2, 0.25) is 0 Å². The van der Waals surface area contributed by atoms with Crippen molar-refractivity contribution < 1.29 is 22.7 Å². The fraction of sp³-hybridized carbons (Fsp3) is 0.292. The van der Waals surface area contributed by atoms with Crippen molar-refractivity contribution in [2.24, 2.45) is 0 Å². The average molecular weight is 498 g/mol. The quantitative estimate of drug-likeness (QED) is 0.451. The van der Waals surface area contributed by atoms with Crippen molar-refractivity contribution in [2.45, 2.75) is 6.92 Å². The van der Waals surface area contributed by atoms with Gasteiger partial charge in [-0.1, -0.05) is 12.1 Å². The molecule has 0 unspecified atom stereocenters. The average Bonchev–Trinajstić information content (AvgIpc) is 2.84. The summed E-state index contributed by atoms with van der Waals surface area (Å²) >= 11 is 0. The number of benzene rings is 2. The van der Waals surface area contributed by atoms with E-state index in [0.29, 0.717) is 54.9 Å². The molecule has 0 amide bonds. The van der Waals surface area contributed by atoms with Gasteiger partial charge in [-0.05, 0) is 43.3 Å². The number of morpholine rings is 1. The third-order valence-corrected chi connectivity index (χ3v) is 5.85. The second-order valence-corrected chi connectivity index (χ2v) is 9.64. The van der Waals surface area contributed by atoms with Crippen LogP contribution < -0.4 is 14.9 Å². The number of hydrogen-bond acceptors (Lipinski definition) is 9. The van der Waals surface area contributed by atoms with Gasteiger partial charge in [0.1, 0.15) is 0 Å². The number of nitrogens with zero attached hydrogens (tertiary/aromatic N) is 3. The zero-order valence-electron chi connectivity index (χ0n) is 19.5. The maximum Gasteiger partial charge on any atom is 0.340 e. The third-order valence-electron chi connectivity index (χ3n) is 5.24. The maximum atomic E-state index is 12.7. The number of sulfonamides is 1. The molecule has 3 aromatic rings. The van der Waals surface area contributed by atoms with Crippen molar-refractivity contribution in [3.8, 4) is 11.3 Å². The third kappa shape index (κ3) is 6.46. The summed E-state index contributed by atoms with van der Waals surface area (Å²) in [5.74, 6) is -0.0372. The minimum Gasteiger partial charge on any atom is -0.462 e. The summed E-state index contributed by atoms with van der Waals surface area (Å²) in [5, 5.41) is 3.16. The number of carbonyl (C=O) groups excluding carboxylic acids is 1. The van der Waals surface area contributed by atoms with Crippen molar-refractivity contribution >= 4 is 39.0 Å². The Balaban J connectivity index is 1.56. The summed E-state index contributed by atoms with van der Waals surface area (Å²) in [5.41, 5.74) is 3.83. The van der Waals surface area contributed by atoms with E-state index in [1.165, 1.54) is 0 Å². The number of carbonyl (C=O) groups is 1. The van der Waals surface area contributed by atoms with Gasteiger partial charge >= 0.3 is 5.97 Å². The van der Waals surface area contributed by atoms with Gasteiger partial charge < -0.3 is 19.7 Å². The smallest absolute Gasteiger partial charge is 0.340 e. The molecule has 1 aliphatic heterocycles. The molecule has 184 valence electrons. The molecule has 35 heavy (non-hydrogen) atoms. The number of aromatic nitrogens is 2. The first kappa shape index (κ1) is 24.4. The van der Waals surface area contributed by atoms with Crippen LogP contribution in [0.5, 0.6) is 0 Å². The van der Waals surface area contributed by atoms with Crippen LogP contribution in [0.25, 0.3) is 11.3 Å². The second-order valence-electron chi connectivity index (χ2n) is 7.89. The fourth-order valence-electron chi connectivity index (χ4n) is 3.70. The lowest BCUT2D eigenvalue weighted by Gasteiger charge is -2.30. The molecule has 2 aromatic carbocycles. The molecule has 1 saturated heterocycles. The van der Waals surface area contributed by atoms with E-state index in [2.05, 4.69) is 24.9 Å². The molecular formula is C24H27N5O5S. The molecular weight excluding hydrogens is 470 g/mol. The molecule has 1 fully saturated rings. The molecule has 0 aliphatic carbocycles. The standard InChI is InChI=1S/C24H27N5O5S/c1-3-34-23(30)20-16-19(8-9-22(20)29-12-14-33-15-13-29)26-24-25-11-10-21(27-24)17-4-6-18(7-5-17)28-35(2,31)32/h4-11,16,28H,3,12-15H2,1-2H3,(H,25,26,27). The van der Waals surface area contributed by atoms with Crippen LogP contribution in [0.15, 0.2) is 54.7 Å². The first-order valence-corrected chi connectivity index (χ1v) is 13.0. The predicted molar refractivity (Wildman–Crippen MR) is 135 cm³/mol. The zero-order valence-corrected chi connectivity index (χ0v) is 20.3. The minimum atomic E-state index is -3.35. The van der Waals surface area contributed by atoms with Crippen LogP contribution >= 0.6 is 0 Å². The Bertz CT molecular complexity index is 1290. The largest absolute Gasteiger partial charge is 0.462 e. The van der Waals surface area contributed by atoms with Gasteiger partial charge in [0.15, 0.2) is 0 Å². The van der Waals surface area contributed by atoms with Crippen LogP contribution in [0.1, 0.15) is 17.3 Å². The Kier molecular flexibility index (Phi) is 7.47. The van der Waals surface area contributed by atoms with Crippen molar-refractivity contribution in [2.75, 3.05) is 54.1 Å². The highest BCUT2D eigenvalue weighted by Gasteiger charge is 2.20. The number of ether oxygens (including phenoxy) is 2. The van der Waals surface area contributed by atoms with Gasteiger partial charge in [-0.15, -0.1) is 0 Å². The Morgan fingerprint density at radius 3 is 2.49 bits per heavy atom. The molecule has 0 atom stereocenters. The van der Waals surface area contributed by atoms with Crippen LogP contribution in [-0.4, -0.2) is 63.5 Å². The van der Waals surface area contributed by atoms with Gasteiger partial charge in [-0.3, -0.25) is 4.72 Å². The lowest BCUT2D eigenvalue weighted by Crippen LogP contribution is -2.37. The van der Waals surface area contributed by atoms with E-state index in [0.717, 1.165) is 17.5 Å². The molecule has 0 bridgehead atoms. The van der Waals surface area contributed by atoms with Crippen molar-refractivity contribution in [1.82, 2.24) is 9.97 Å². The molecule has 0 spiro atoms. The Labute approximate surface area is 204 Å². The highest BCUT2D eigenvalue weighted by atomic mass is 32.2. The van der Waals surface area contributed by atoms with Gasteiger partial charge in [-0.25, -0.2) is 23.2 Å². The summed E-state index contributed by atoms with van der Waals surface area (Å²) in [7, 11) is -3.35. The molecule has 1 aromatic heterocycles. The lowest BCUT2D eigenvalue weighted by atomic mass is 10.1. The Hall–Kier alpha value is -3.70. The number of rotatable bonds is 8. The summed E-state index contributed by atoms with van der Waals surface area (Å²) in [6.45, 7) is 4.66. The number of esters is 1. The monoisotopic (exact) mass is 497 g/mol. The van der Waals surface area contributed by atoms with Crippen LogP contribution in [-0.2, 0) is 19.5 Å². The number of nitrogens with one attached hydrogen (secondary N) is 2. The van der Waals surface area contributed by atoms with E-state index in [-0.39, 0.29) is 6.61 Å². The maximum absolute atomic E-state index is 12.7. The van der Waals surface area contributed by atoms with Gasteiger partial charge in [0, 0.05) is 36.2 Å². The molecule has 11 heteroatoms. The van der Waals surface area contributed by atoms with E-state index >= 15 is 0 Å². The molecule has 10 nitrogen and oxygen atoms in total. The van der Waals surface area contributed by atoms with Gasteiger partial charge in [0.25, 0.3) is 0 Å². The van der Waals surface area contributed by atoms with Crippen molar-refractivity contribution in [1.29, 1.82) is 0 Å². The molecule has 0 saturated carbocycles. The SMILES string of the molecule is CCOC(=O)c1cc(Nc2nccc(-c3ccc(NS(C)(=O)=O)cc3)n2)ccc1N1CCOCC1. The van der Waals surface area contributed by atoms with Crippen molar-refractivity contribution in [3.05, 3.63) is 60.3 Å². The van der Waals surface area contributed by atoms with E-state index in [4.69, 9.17) is 9.47 Å². The number of anilines is 4. The fourth-order valence-corrected chi connectivity index (χ4v) is 4.26. The molecule has 2 N–H and O–H groups in total. The van der Waals surface area contributed by atoms with Gasteiger partial charge in [0.05, 0.1) is 43.0 Å². The zero-order chi connectivity index (χ0) is 24.8. The normalized spacial score (nSPS) is 13.8. The van der Waals surface area contributed by atoms with Crippen molar-refractivity contribution in [3.63, 3.8) is 0 Å². The lowest BCUT2D eigenvalue weighted by molar-refractivity contribution is 0.0526. The summed E-state index contributed by atoms with van der Waals surface area (Å²) in [4.78, 5) is 23.6. The Morgan fingerprint density at radius 2 is 1.80 bits per heavy atom. The van der Waals surface area contributed by atoms with Crippen LogP contribution in [0.3, 0.4) is 0 Å². The molecule has 1 aliphatic rings. The summed E-state index contributed by atoms with van der Waals surface area (Å²) < 4.78 is 36.0. The molecule has 4 rings (SSSR count). The van der Waals surface area contributed by atoms with Gasteiger partial charge in [0.2, 0.25) is 16.0 Å². The molecule has 0 radical (unpaired) electrons. The number of hydrogen-bond donors (Lipinski definition) is 2. The topological polar surface area (TPSA) is 123 Å².